The number of methoxy groups -OCH3 is 1. The van der Waals surface area contributed by atoms with Gasteiger partial charge in [-0.3, -0.25) is 9.10 Å². The van der Waals surface area contributed by atoms with E-state index in [2.05, 4.69) is 15.9 Å². The standard InChI is InChI=1S/C25H25BrN2O4S/c1-17-9-12-23(32-3)24(13-17)33(30,31)27(21-7-5-4-6-8-21)16-25(29)28-18(2)14-19-15-20(26)10-11-22(19)28/h4-13,15,18H,14,16H2,1-3H3/t18-/m1/s1. The van der Waals surface area contributed by atoms with Gasteiger partial charge in [0.15, 0.2) is 0 Å². The summed E-state index contributed by atoms with van der Waals surface area (Å²) in [6.45, 7) is 3.46. The first kappa shape index (κ1) is 23.3. The van der Waals surface area contributed by atoms with Gasteiger partial charge in [-0.25, -0.2) is 8.42 Å². The van der Waals surface area contributed by atoms with Gasteiger partial charge in [-0.05, 0) is 73.9 Å². The number of anilines is 2. The number of carbonyl (C=O) groups excluding carboxylic acids is 1. The molecule has 1 amide bonds. The molecule has 3 aromatic carbocycles. The summed E-state index contributed by atoms with van der Waals surface area (Å²) in [5.74, 6) is -0.0543. The third-order valence-electron chi connectivity index (χ3n) is 5.74. The quantitative estimate of drug-likeness (QED) is 0.454. The molecule has 0 saturated carbocycles. The predicted molar refractivity (Wildman–Crippen MR) is 133 cm³/mol. The van der Waals surface area contributed by atoms with Gasteiger partial charge >= 0.3 is 0 Å². The number of nitrogens with zero attached hydrogens (tertiary/aromatic N) is 2. The molecule has 3 aromatic rings. The van der Waals surface area contributed by atoms with E-state index < -0.39 is 10.0 Å². The molecule has 1 aliphatic heterocycles. The molecule has 0 spiro atoms. The van der Waals surface area contributed by atoms with Crippen molar-refractivity contribution in [2.75, 3.05) is 22.9 Å². The van der Waals surface area contributed by atoms with Crippen LogP contribution in [0.4, 0.5) is 11.4 Å². The zero-order valence-electron chi connectivity index (χ0n) is 18.7. The number of carbonyl (C=O) groups is 1. The molecular weight excluding hydrogens is 504 g/mol. The molecule has 0 radical (unpaired) electrons. The largest absolute Gasteiger partial charge is 0.495 e. The lowest BCUT2D eigenvalue weighted by atomic mass is 10.1. The molecule has 0 unspecified atom stereocenters. The van der Waals surface area contributed by atoms with Gasteiger partial charge in [-0.1, -0.05) is 40.2 Å². The smallest absolute Gasteiger partial charge is 0.268 e. The van der Waals surface area contributed by atoms with Gasteiger partial charge < -0.3 is 9.64 Å². The Morgan fingerprint density at radius 2 is 1.85 bits per heavy atom. The minimum absolute atomic E-state index is 0.0282. The number of amides is 1. The normalized spacial score (nSPS) is 15.3. The summed E-state index contributed by atoms with van der Waals surface area (Å²) in [5.41, 5.74) is 3.06. The molecule has 0 saturated heterocycles. The predicted octanol–water partition coefficient (Wildman–Crippen LogP) is 4.94. The number of hydrogen-bond donors (Lipinski definition) is 0. The zero-order chi connectivity index (χ0) is 23.8. The van der Waals surface area contributed by atoms with Crippen LogP contribution >= 0.6 is 15.9 Å². The molecule has 0 bridgehead atoms. The molecule has 1 atom stereocenters. The average molecular weight is 529 g/mol. The Morgan fingerprint density at radius 1 is 1.12 bits per heavy atom. The van der Waals surface area contributed by atoms with E-state index >= 15 is 0 Å². The van der Waals surface area contributed by atoms with Gasteiger partial charge in [-0.15, -0.1) is 0 Å². The molecule has 172 valence electrons. The van der Waals surface area contributed by atoms with Crippen LogP contribution in [0.2, 0.25) is 0 Å². The number of para-hydroxylation sites is 1. The van der Waals surface area contributed by atoms with Crippen LogP contribution < -0.4 is 13.9 Å². The first-order valence-corrected chi connectivity index (χ1v) is 12.8. The second kappa shape index (κ2) is 9.19. The monoisotopic (exact) mass is 528 g/mol. The summed E-state index contributed by atoms with van der Waals surface area (Å²) < 4.78 is 35.2. The van der Waals surface area contributed by atoms with E-state index in [1.54, 1.807) is 53.4 Å². The molecule has 6 nitrogen and oxygen atoms in total. The highest BCUT2D eigenvalue weighted by molar-refractivity contribution is 9.10. The number of hydrogen-bond acceptors (Lipinski definition) is 4. The van der Waals surface area contributed by atoms with Gasteiger partial charge in [0.2, 0.25) is 5.91 Å². The van der Waals surface area contributed by atoms with E-state index in [-0.39, 0.29) is 29.1 Å². The van der Waals surface area contributed by atoms with Gasteiger partial charge in [0.25, 0.3) is 10.0 Å². The van der Waals surface area contributed by atoms with Crippen molar-refractivity contribution in [3.8, 4) is 5.75 Å². The summed E-state index contributed by atoms with van der Waals surface area (Å²) in [4.78, 5) is 15.3. The Kier molecular flexibility index (Phi) is 6.50. The maximum Gasteiger partial charge on any atom is 0.268 e. The topological polar surface area (TPSA) is 66.9 Å². The lowest BCUT2D eigenvalue weighted by molar-refractivity contribution is -0.117. The third-order valence-corrected chi connectivity index (χ3v) is 8.02. The van der Waals surface area contributed by atoms with Crippen molar-refractivity contribution in [1.29, 1.82) is 0 Å². The SMILES string of the molecule is COc1ccc(C)cc1S(=O)(=O)N(CC(=O)N1c2ccc(Br)cc2C[C@H]1C)c1ccccc1. The summed E-state index contributed by atoms with van der Waals surface area (Å²) in [7, 11) is -2.66. The van der Waals surface area contributed by atoms with Gasteiger partial charge in [0.1, 0.15) is 17.2 Å². The van der Waals surface area contributed by atoms with Crippen molar-refractivity contribution in [3.05, 3.63) is 82.3 Å². The zero-order valence-corrected chi connectivity index (χ0v) is 21.1. The van der Waals surface area contributed by atoms with E-state index in [4.69, 9.17) is 4.74 Å². The number of halogens is 1. The van der Waals surface area contributed by atoms with Crippen molar-refractivity contribution in [2.45, 2.75) is 31.2 Å². The van der Waals surface area contributed by atoms with E-state index in [0.717, 1.165) is 25.6 Å². The molecular formula is C25H25BrN2O4S. The number of ether oxygens (including phenoxy) is 1. The lowest BCUT2D eigenvalue weighted by Crippen LogP contribution is -2.45. The molecule has 33 heavy (non-hydrogen) atoms. The fourth-order valence-electron chi connectivity index (χ4n) is 4.19. The van der Waals surface area contributed by atoms with Gasteiger partial charge in [0, 0.05) is 16.2 Å². The summed E-state index contributed by atoms with van der Waals surface area (Å²) in [6, 6.07) is 19.4. The van der Waals surface area contributed by atoms with Crippen LogP contribution in [0.3, 0.4) is 0 Å². The Morgan fingerprint density at radius 3 is 2.55 bits per heavy atom. The number of benzene rings is 3. The highest BCUT2D eigenvalue weighted by atomic mass is 79.9. The Balaban J connectivity index is 1.76. The summed E-state index contributed by atoms with van der Waals surface area (Å²) in [5, 5.41) is 0. The third kappa shape index (κ3) is 4.50. The van der Waals surface area contributed by atoms with Crippen molar-refractivity contribution >= 4 is 43.2 Å². The first-order chi connectivity index (χ1) is 15.7. The number of aryl methyl sites for hydroxylation is 1. The molecule has 8 heteroatoms. The number of sulfonamides is 1. The summed E-state index contributed by atoms with van der Waals surface area (Å²) in [6.07, 6.45) is 0.713. The molecule has 0 N–H and O–H groups in total. The van der Waals surface area contributed by atoms with Gasteiger partial charge in [-0.2, -0.15) is 0 Å². The highest BCUT2D eigenvalue weighted by Crippen LogP contribution is 2.35. The Bertz CT molecular complexity index is 1300. The van der Waals surface area contributed by atoms with Crippen molar-refractivity contribution < 1.29 is 17.9 Å². The second-order valence-electron chi connectivity index (χ2n) is 8.09. The van der Waals surface area contributed by atoms with E-state index in [9.17, 15) is 13.2 Å². The second-order valence-corrected chi connectivity index (χ2v) is 10.8. The maximum atomic E-state index is 13.9. The molecule has 0 aromatic heterocycles. The van der Waals surface area contributed by atoms with E-state index in [0.29, 0.717) is 12.1 Å². The highest BCUT2D eigenvalue weighted by Gasteiger charge is 2.36. The van der Waals surface area contributed by atoms with Crippen LogP contribution in [0.5, 0.6) is 5.75 Å². The van der Waals surface area contributed by atoms with Crippen LogP contribution in [-0.2, 0) is 21.2 Å². The fourth-order valence-corrected chi connectivity index (χ4v) is 6.26. The molecule has 1 aliphatic rings. The minimum Gasteiger partial charge on any atom is -0.495 e. The lowest BCUT2D eigenvalue weighted by Gasteiger charge is -2.29. The number of rotatable bonds is 6. The van der Waals surface area contributed by atoms with E-state index in [1.165, 1.54) is 7.11 Å². The average Bonchev–Trinajstić information content (AvgIpc) is 3.12. The number of fused-ring (bicyclic) bond motifs is 1. The van der Waals surface area contributed by atoms with E-state index in [1.807, 2.05) is 32.0 Å². The van der Waals surface area contributed by atoms with Crippen molar-refractivity contribution in [2.24, 2.45) is 0 Å². The van der Waals surface area contributed by atoms with Crippen LogP contribution in [0.15, 0.2) is 76.1 Å². The molecule has 1 heterocycles. The van der Waals surface area contributed by atoms with Crippen LogP contribution in [0.25, 0.3) is 0 Å². The Labute approximate surface area is 203 Å². The van der Waals surface area contributed by atoms with Crippen LogP contribution in [0, 0.1) is 6.92 Å². The summed E-state index contributed by atoms with van der Waals surface area (Å²) >= 11 is 3.48. The molecule has 0 aliphatic carbocycles. The fraction of sp³-hybridized carbons (Fsp3) is 0.240. The van der Waals surface area contributed by atoms with Gasteiger partial charge in [0.05, 0.1) is 12.8 Å². The maximum absolute atomic E-state index is 13.9. The molecule has 4 rings (SSSR count). The van der Waals surface area contributed by atoms with Crippen LogP contribution in [-0.4, -0.2) is 34.0 Å². The Hall–Kier alpha value is -2.84. The van der Waals surface area contributed by atoms with Crippen molar-refractivity contribution in [1.82, 2.24) is 0 Å². The molecule has 0 fully saturated rings. The van der Waals surface area contributed by atoms with Crippen molar-refractivity contribution in [3.63, 3.8) is 0 Å². The minimum atomic E-state index is -4.09. The first-order valence-electron chi connectivity index (χ1n) is 10.6. The van der Waals surface area contributed by atoms with Crippen LogP contribution in [0.1, 0.15) is 18.1 Å².